The highest BCUT2D eigenvalue weighted by molar-refractivity contribution is 5.85. The van der Waals surface area contributed by atoms with Gasteiger partial charge in [-0.15, -0.1) is 12.4 Å². The van der Waals surface area contributed by atoms with Gasteiger partial charge < -0.3 is 11.5 Å². The van der Waals surface area contributed by atoms with Crippen LogP contribution in [0.15, 0.2) is 30.3 Å². The summed E-state index contributed by atoms with van der Waals surface area (Å²) in [5.41, 5.74) is 11.9. The maximum atomic E-state index is 10.5. The van der Waals surface area contributed by atoms with Crippen molar-refractivity contribution >= 4 is 18.3 Å². The molecule has 1 aromatic carbocycles. The van der Waals surface area contributed by atoms with E-state index < -0.39 is 0 Å². The Hall–Kier alpha value is -1.06. The lowest BCUT2D eigenvalue weighted by molar-refractivity contribution is -0.118. The lowest BCUT2D eigenvalue weighted by Crippen LogP contribution is -2.29. The predicted molar refractivity (Wildman–Crippen MR) is 59.2 cm³/mol. The molecule has 1 atom stereocenters. The molecule has 1 aromatic rings. The first-order valence-corrected chi connectivity index (χ1v) is 4.26. The van der Waals surface area contributed by atoms with E-state index in [0.717, 1.165) is 5.56 Å². The Balaban J connectivity index is 0.00000169. The minimum Gasteiger partial charge on any atom is -0.370 e. The fraction of sp³-hybridized carbons (Fsp3) is 0.300. The van der Waals surface area contributed by atoms with Crippen LogP contribution in [0.3, 0.4) is 0 Å². The van der Waals surface area contributed by atoms with Gasteiger partial charge in [-0.2, -0.15) is 0 Å². The number of carbonyl (C=O) groups excluding carboxylic acids is 1. The van der Waals surface area contributed by atoms with E-state index in [0.29, 0.717) is 6.42 Å². The number of nitrogens with two attached hydrogens (primary N) is 2. The topological polar surface area (TPSA) is 69.1 Å². The Morgan fingerprint density at radius 2 is 1.86 bits per heavy atom. The highest BCUT2D eigenvalue weighted by Crippen LogP contribution is 2.03. The number of halogens is 1. The van der Waals surface area contributed by atoms with Crippen molar-refractivity contribution in [3.8, 4) is 0 Å². The molecule has 0 spiro atoms. The van der Waals surface area contributed by atoms with E-state index in [9.17, 15) is 4.79 Å². The molecular weight excluding hydrogens is 200 g/mol. The number of amides is 1. The van der Waals surface area contributed by atoms with Crippen LogP contribution in [0.4, 0.5) is 0 Å². The third-order valence-electron chi connectivity index (χ3n) is 1.80. The molecule has 14 heavy (non-hydrogen) atoms. The average Bonchev–Trinajstić information content (AvgIpc) is 2.04. The van der Waals surface area contributed by atoms with Crippen molar-refractivity contribution in [3.05, 3.63) is 35.9 Å². The summed E-state index contributed by atoms with van der Waals surface area (Å²) in [6, 6.07) is 9.66. The Kier molecular flexibility index (Phi) is 5.92. The second-order valence-corrected chi connectivity index (χ2v) is 3.12. The summed E-state index contributed by atoms with van der Waals surface area (Å²) >= 11 is 0. The van der Waals surface area contributed by atoms with E-state index in [2.05, 4.69) is 0 Å². The molecule has 0 radical (unpaired) electrons. The van der Waals surface area contributed by atoms with Crippen LogP contribution < -0.4 is 11.5 Å². The summed E-state index contributed by atoms with van der Waals surface area (Å²) < 4.78 is 0. The summed E-state index contributed by atoms with van der Waals surface area (Å²) in [5.74, 6) is -0.344. The smallest absolute Gasteiger partial charge is 0.218 e. The van der Waals surface area contributed by atoms with Crippen LogP contribution in [0.5, 0.6) is 0 Å². The first kappa shape index (κ1) is 12.9. The molecule has 4 N–H and O–H groups in total. The first-order valence-electron chi connectivity index (χ1n) is 4.26. The predicted octanol–water partition coefficient (Wildman–Crippen LogP) is 0.854. The molecule has 0 unspecified atom stereocenters. The molecule has 0 bridgehead atoms. The quantitative estimate of drug-likeness (QED) is 0.781. The van der Waals surface area contributed by atoms with Crippen molar-refractivity contribution in [2.24, 2.45) is 11.5 Å². The van der Waals surface area contributed by atoms with Gasteiger partial charge in [0.1, 0.15) is 0 Å². The maximum Gasteiger partial charge on any atom is 0.218 e. The Morgan fingerprint density at radius 3 is 2.36 bits per heavy atom. The highest BCUT2D eigenvalue weighted by Gasteiger charge is 2.06. The van der Waals surface area contributed by atoms with Crippen LogP contribution in [0, 0.1) is 0 Å². The van der Waals surface area contributed by atoms with Gasteiger partial charge in [-0.25, -0.2) is 0 Å². The van der Waals surface area contributed by atoms with Crippen molar-refractivity contribution in [2.45, 2.75) is 18.9 Å². The Bertz CT molecular complexity index is 277. The summed E-state index contributed by atoms with van der Waals surface area (Å²) in [5, 5.41) is 0. The van der Waals surface area contributed by atoms with Crippen LogP contribution >= 0.6 is 12.4 Å². The zero-order valence-corrected chi connectivity index (χ0v) is 8.67. The third-order valence-corrected chi connectivity index (χ3v) is 1.80. The van der Waals surface area contributed by atoms with Crippen molar-refractivity contribution in [1.29, 1.82) is 0 Å². The number of hydrogen-bond acceptors (Lipinski definition) is 2. The molecule has 3 nitrogen and oxygen atoms in total. The fourth-order valence-electron chi connectivity index (χ4n) is 1.25. The van der Waals surface area contributed by atoms with Crippen LogP contribution in [0.1, 0.15) is 12.0 Å². The minimum atomic E-state index is -0.344. The summed E-state index contributed by atoms with van der Waals surface area (Å²) in [7, 11) is 0. The lowest BCUT2D eigenvalue weighted by Gasteiger charge is -2.08. The zero-order valence-electron chi connectivity index (χ0n) is 7.85. The molecule has 0 aliphatic rings. The normalized spacial score (nSPS) is 11.5. The Labute approximate surface area is 89.9 Å². The maximum absolute atomic E-state index is 10.5. The fourth-order valence-corrected chi connectivity index (χ4v) is 1.25. The second kappa shape index (κ2) is 6.40. The monoisotopic (exact) mass is 214 g/mol. The van der Waals surface area contributed by atoms with Crippen LogP contribution in [0.2, 0.25) is 0 Å². The lowest BCUT2D eigenvalue weighted by atomic mass is 10.0. The summed E-state index contributed by atoms with van der Waals surface area (Å²) in [4.78, 5) is 10.5. The second-order valence-electron chi connectivity index (χ2n) is 3.12. The van der Waals surface area contributed by atoms with E-state index in [1.807, 2.05) is 30.3 Å². The van der Waals surface area contributed by atoms with Gasteiger partial charge in [0, 0.05) is 12.5 Å². The van der Waals surface area contributed by atoms with Gasteiger partial charge in [0.25, 0.3) is 0 Å². The molecule has 4 heteroatoms. The van der Waals surface area contributed by atoms with E-state index in [1.54, 1.807) is 0 Å². The molecule has 0 aliphatic carbocycles. The highest BCUT2D eigenvalue weighted by atomic mass is 35.5. The van der Waals surface area contributed by atoms with Crippen molar-refractivity contribution < 1.29 is 4.79 Å². The molecule has 0 aromatic heterocycles. The van der Waals surface area contributed by atoms with Gasteiger partial charge in [-0.1, -0.05) is 30.3 Å². The van der Waals surface area contributed by atoms with Crippen molar-refractivity contribution in [1.82, 2.24) is 0 Å². The molecule has 0 heterocycles. The van der Waals surface area contributed by atoms with Gasteiger partial charge in [0.05, 0.1) is 0 Å². The molecule has 0 saturated carbocycles. The number of benzene rings is 1. The van der Waals surface area contributed by atoms with Crippen LogP contribution in [-0.4, -0.2) is 11.9 Å². The zero-order chi connectivity index (χ0) is 9.68. The molecule has 1 amide bonds. The van der Waals surface area contributed by atoms with Gasteiger partial charge >= 0.3 is 0 Å². The first-order chi connectivity index (χ1) is 6.18. The molecule has 0 fully saturated rings. The van der Waals surface area contributed by atoms with E-state index in [4.69, 9.17) is 11.5 Å². The van der Waals surface area contributed by atoms with Crippen molar-refractivity contribution in [3.63, 3.8) is 0 Å². The Morgan fingerprint density at radius 1 is 1.29 bits per heavy atom. The van der Waals surface area contributed by atoms with Gasteiger partial charge in [-0.3, -0.25) is 4.79 Å². The standard InChI is InChI=1S/C10H14N2O.ClH/c11-9(7-10(12)13)6-8-4-2-1-3-5-8;/h1-5,9H,6-7,11H2,(H2,12,13);1H/t9-;/m1./s1. The summed E-state index contributed by atoms with van der Waals surface area (Å²) in [6.45, 7) is 0. The molecule has 0 aliphatic heterocycles. The summed E-state index contributed by atoms with van der Waals surface area (Å²) in [6.07, 6.45) is 0.943. The molecule has 1 rings (SSSR count). The van der Waals surface area contributed by atoms with Crippen LogP contribution in [-0.2, 0) is 11.2 Å². The van der Waals surface area contributed by atoms with Gasteiger partial charge in [0.15, 0.2) is 0 Å². The SMILES string of the molecule is Cl.NC(=O)C[C@H](N)Cc1ccccc1. The van der Waals surface area contributed by atoms with Gasteiger partial charge in [-0.05, 0) is 12.0 Å². The van der Waals surface area contributed by atoms with E-state index in [1.165, 1.54) is 0 Å². The molecule has 78 valence electrons. The molecular formula is C10H15ClN2O. The van der Waals surface area contributed by atoms with E-state index >= 15 is 0 Å². The minimum absolute atomic E-state index is 0. The number of rotatable bonds is 4. The van der Waals surface area contributed by atoms with E-state index in [-0.39, 0.29) is 30.8 Å². The van der Waals surface area contributed by atoms with Crippen molar-refractivity contribution in [2.75, 3.05) is 0 Å². The third kappa shape index (κ3) is 4.84. The average molecular weight is 215 g/mol. The molecule has 0 saturated heterocycles. The number of primary amides is 1. The number of hydrogen-bond donors (Lipinski definition) is 2. The number of carbonyl (C=O) groups is 1. The van der Waals surface area contributed by atoms with Gasteiger partial charge in [0.2, 0.25) is 5.91 Å². The largest absolute Gasteiger partial charge is 0.370 e. The van der Waals surface area contributed by atoms with Crippen LogP contribution in [0.25, 0.3) is 0 Å².